The first kappa shape index (κ1) is 37.4. The van der Waals surface area contributed by atoms with E-state index in [9.17, 15) is 0 Å². The maximum atomic E-state index is 6.20. The molecular formula is C54H38O6. The van der Waals surface area contributed by atoms with E-state index < -0.39 is 0 Å². The van der Waals surface area contributed by atoms with Crippen molar-refractivity contribution in [2.24, 2.45) is 0 Å². The van der Waals surface area contributed by atoms with Crippen LogP contribution in [-0.2, 0) is 0 Å². The van der Waals surface area contributed by atoms with Gasteiger partial charge in [-0.2, -0.15) is 0 Å². The highest BCUT2D eigenvalue weighted by Gasteiger charge is 2.08. The molecule has 0 N–H and O–H groups in total. The largest absolute Gasteiger partial charge is 0.457 e. The third-order valence-electron chi connectivity index (χ3n) is 9.38. The zero-order valence-corrected chi connectivity index (χ0v) is 32.4. The van der Waals surface area contributed by atoms with E-state index in [2.05, 4.69) is 48.5 Å². The van der Waals surface area contributed by atoms with Crippen molar-refractivity contribution in [2.75, 3.05) is 0 Å². The molecule has 0 unspecified atom stereocenters. The molecule has 0 saturated heterocycles. The van der Waals surface area contributed by atoms with Crippen molar-refractivity contribution >= 4 is 0 Å². The summed E-state index contributed by atoms with van der Waals surface area (Å²) in [6.45, 7) is 0. The molecule has 9 aromatic carbocycles. The third kappa shape index (κ3) is 9.83. The minimum atomic E-state index is 0.660. The van der Waals surface area contributed by atoms with Crippen LogP contribution in [0.2, 0.25) is 0 Å². The second-order valence-corrected chi connectivity index (χ2v) is 13.8. The van der Waals surface area contributed by atoms with Gasteiger partial charge in [0.05, 0.1) is 0 Å². The van der Waals surface area contributed by atoms with E-state index in [0.717, 1.165) is 45.3 Å². The molecule has 0 bridgehead atoms. The molecule has 6 nitrogen and oxygen atoms in total. The highest BCUT2D eigenvalue weighted by molar-refractivity contribution is 5.71. The summed E-state index contributed by atoms with van der Waals surface area (Å²) >= 11 is 0. The van der Waals surface area contributed by atoms with Gasteiger partial charge < -0.3 is 28.4 Å². The number of rotatable bonds is 14. The van der Waals surface area contributed by atoms with Crippen LogP contribution in [0.25, 0.3) is 22.3 Å². The summed E-state index contributed by atoms with van der Waals surface area (Å²) in [6, 6.07) is 74.3. The highest BCUT2D eigenvalue weighted by atomic mass is 16.5. The summed E-state index contributed by atoms with van der Waals surface area (Å²) in [5.41, 5.74) is 4.40. The first-order valence-electron chi connectivity index (χ1n) is 19.5. The maximum Gasteiger partial charge on any atom is 0.131 e. The van der Waals surface area contributed by atoms with Gasteiger partial charge in [0.1, 0.15) is 69.0 Å². The van der Waals surface area contributed by atoms with Crippen LogP contribution in [0.3, 0.4) is 0 Å². The van der Waals surface area contributed by atoms with Crippen LogP contribution in [-0.4, -0.2) is 0 Å². The van der Waals surface area contributed by atoms with Gasteiger partial charge in [-0.15, -0.1) is 0 Å². The minimum absolute atomic E-state index is 0.660. The molecule has 0 saturated carbocycles. The fourth-order valence-electron chi connectivity index (χ4n) is 6.48. The van der Waals surface area contributed by atoms with Crippen LogP contribution >= 0.6 is 0 Å². The van der Waals surface area contributed by atoms with E-state index >= 15 is 0 Å². The monoisotopic (exact) mass is 782 g/mol. The summed E-state index contributed by atoms with van der Waals surface area (Å²) in [6.07, 6.45) is 0. The number of benzene rings is 9. The SMILES string of the molecule is c1ccc(Oc2cccc(Oc3cccc(Oc4ccc(-c5ccc(-c6ccc(Oc7cccc(Oc8cccc(Oc9ccccc9)c8)c7)cc6)cc5)cc4)c3)c2)cc1. The lowest BCUT2D eigenvalue weighted by Crippen LogP contribution is -1.89. The molecule has 0 amide bonds. The molecule has 9 aromatic rings. The average Bonchev–Trinajstić information content (AvgIpc) is 3.28. The lowest BCUT2D eigenvalue weighted by atomic mass is 10.0. The van der Waals surface area contributed by atoms with Gasteiger partial charge in [0.15, 0.2) is 0 Å². The molecule has 9 rings (SSSR count). The Hall–Kier alpha value is -8.22. The highest BCUT2D eigenvalue weighted by Crippen LogP contribution is 2.35. The van der Waals surface area contributed by atoms with E-state index in [0.29, 0.717) is 46.0 Å². The topological polar surface area (TPSA) is 55.4 Å². The van der Waals surface area contributed by atoms with Gasteiger partial charge in [0, 0.05) is 24.3 Å². The van der Waals surface area contributed by atoms with E-state index in [1.165, 1.54) is 0 Å². The molecule has 6 heteroatoms. The molecule has 0 radical (unpaired) electrons. The number of para-hydroxylation sites is 2. The van der Waals surface area contributed by atoms with Crippen LogP contribution in [0.15, 0.2) is 231 Å². The Morgan fingerprint density at radius 1 is 0.150 bits per heavy atom. The Bertz CT molecular complexity index is 2590. The van der Waals surface area contributed by atoms with Crippen LogP contribution < -0.4 is 28.4 Å². The van der Waals surface area contributed by atoms with E-state index in [4.69, 9.17) is 28.4 Å². The van der Waals surface area contributed by atoms with Crippen LogP contribution in [0, 0.1) is 0 Å². The second-order valence-electron chi connectivity index (χ2n) is 13.8. The number of hydrogen-bond acceptors (Lipinski definition) is 6. The van der Waals surface area contributed by atoms with Gasteiger partial charge in [0.25, 0.3) is 0 Å². The molecule has 0 spiro atoms. The third-order valence-corrected chi connectivity index (χ3v) is 9.38. The fourth-order valence-corrected chi connectivity index (χ4v) is 6.48. The molecule has 0 atom stereocenters. The summed E-state index contributed by atoms with van der Waals surface area (Å²) in [4.78, 5) is 0. The zero-order valence-electron chi connectivity index (χ0n) is 32.4. The smallest absolute Gasteiger partial charge is 0.131 e. The maximum absolute atomic E-state index is 6.20. The lowest BCUT2D eigenvalue weighted by molar-refractivity contribution is 0.451. The molecular weight excluding hydrogens is 745 g/mol. The summed E-state index contributed by atoms with van der Waals surface area (Å²) in [5, 5.41) is 0. The first-order valence-corrected chi connectivity index (χ1v) is 19.5. The number of hydrogen-bond donors (Lipinski definition) is 0. The van der Waals surface area contributed by atoms with Gasteiger partial charge in [-0.3, -0.25) is 0 Å². The molecule has 0 aliphatic carbocycles. The molecule has 0 aromatic heterocycles. The zero-order chi connectivity index (χ0) is 40.4. The Morgan fingerprint density at radius 2 is 0.333 bits per heavy atom. The Balaban J connectivity index is 0.785. The summed E-state index contributed by atoms with van der Waals surface area (Å²) in [5.74, 6) is 8.38. The fraction of sp³-hybridized carbons (Fsp3) is 0. The Kier molecular flexibility index (Phi) is 11.2. The summed E-state index contributed by atoms with van der Waals surface area (Å²) < 4.78 is 36.6. The van der Waals surface area contributed by atoms with Crippen molar-refractivity contribution in [1.82, 2.24) is 0 Å². The van der Waals surface area contributed by atoms with E-state index in [1.54, 1.807) is 0 Å². The van der Waals surface area contributed by atoms with Crippen molar-refractivity contribution in [1.29, 1.82) is 0 Å². The van der Waals surface area contributed by atoms with Gasteiger partial charge in [-0.05, 0) is 119 Å². The molecule has 60 heavy (non-hydrogen) atoms. The molecule has 290 valence electrons. The van der Waals surface area contributed by atoms with Gasteiger partial charge in [0.2, 0.25) is 0 Å². The van der Waals surface area contributed by atoms with Crippen molar-refractivity contribution < 1.29 is 28.4 Å². The first-order chi connectivity index (χ1) is 29.6. The molecule has 0 aliphatic heterocycles. The van der Waals surface area contributed by atoms with Crippen LogP contribution in [0.4, 0.5) is 0 Å². The van der Waals surface area contributed by atoms with Crippen molar-refractivity contribution in [2.45, 2.75) is 0 Å². The minimum Gasteiger partial charge on any atom is -0.457 e. The van der Waals surface area contributed by atoms with Crippen molar-refractivity contribution in [3.63, 3.8) is 0 Å². The van der Waals surface area contributed by atoms with Gasteiger partial charge in [-0.1, -0.05) is 109 Å². The van der Waals surface area contributed by atoms with Crippen LogP contribution in [0.1, 0.15) is 0 Å². The predicted molar refractivity (Wildman–Crippen MR) is 236 cm³/mol. The quantitative estimate of drug-likeness (QED) is 0.109. The normalized spacial score (nSPS) is 10.7. The molecule has 0 heterocycles. The Morgan fingerprint density at radius 3 is 0.583 bits per heavy atom. The van der Waals surface area contributed by atoms with Gasteiger partial charge >= 0.3 is 0 Å². The standard InChI is InChI=1S/C54H38O6/c1-3-11-43(12-4-1)55-47-15-7-19-51(35-47)59-53-21-9-17-49(37-53)57-45-31-27-41(28-32-45)39-23-25-40(26-24-39)42-29-33-46(34-30-42)58-50-18-10-22-54(38-50)60-52-20-8-16-48(36-52)56-44-13-5-2-6-14-44/h1-38H. The average molecular weight is 783 g/mol. The molecule has 0 aliphatic rings. The van der Waals surface area contributed by atoms with E-state index in [1.807, 2.05) is 182 Å². The lowest BCUT2D eigenvalue weighted by Gasteiger charge is -2.11. The van der Waals surface area contributed by atoms with Gasteiger partial charge in [-0.25, -0.2) is 0 Å². The second kappa shape index (κ2) is 17.9. The van der Waals surface area contributed by atoms with E-state index in [-0.39, 0.29) is 0 Å². The molecule has 0 fully saturated rings. The predicted octanol–water partition coefficient (Wildman–Crippen LogP) is 15.8. The Labute approximate surface area is 349 Å². The number of ether oxygens (including phenoxy) is 6. The van der Waals surface area contributed by atoms with Crippen molar-refractivity contribution in [3.8, 4) is 91.2 Å². The summed E-state index contributed by atoms with van der Waals surface area (Å²) in [7, 11) is 0. The van der Waals surface area contributed by atoms with Crippen molar-refractivity contribution in [3.05, 3.63) is 231 Å². The van der Waals surface area contributed by atoms with Crippen LogP contribution in [0.5, 0.6) is 69.0 Å².